The topological polar surface area (TPSA) is 76.6 Å². The standard InChI is InChI=1S/C27H18ClN5/c1-33-14-21(17-10-12-18(28)13-11-17)26(15-29,16-30)27(33)20-7-3-2-6-19(20)24-25(27)32-23-9-5-4-8-22(23)31-24/h2-13,21H,14H2,1H3/t21-,27+/m1/s1. The molecule has 0 saturated carbocycles. The molecule has 1 spiro atoms. The summed E-state index contributed by atoms with van der Waals surface area (Å²) in [5, 5.41) is 22.1. The fourth-order valence-corrected chi connectivity index (χ4v) is 5.98. The van der Waals surface area contributed by atoms with Crippen LogP contribution in [-0.2, 0) is 5.54 Å². The fourth-order valence-electron chi connectivity index (χ4n) is 5.85. The quantitative estimate of drug-likeness (QED) is 0.397. The zero-order chi connectivity index (χ0) is 22.8. The summed E-state index contributed by atoms with van der Waals surface area (Å²) in [5.74, 6) is -0.359. The van der Waals surface area contributed by atoms with E-state index < -0.39 is 11.0 Å². The Morgan fingerprint density at radius 1 is 0.909 bits per heavy atom. The maximum absolute atomic E-state index is 10.7. The molecule has 1 fully saturated rings. The van der Waals surface area contributed by atoms with Crippen molar-refractivity contribution in [2.24, 2.45) is 5.41 Å². The number of likely N-dealkylation sites (N-methyl/N-ethyl adjacent to an activating group) is 1. The summed E-state index contributed by atoms with van der Waals surface area (Å²) in [6, 6.07) is 28.1. The minimum Gasteiger partial charge on any atom is -0.289 e. The molecule has 2 aliphatic rings. The van der Waals surface area contributed by atoms with E-state index >= 15 is 0 Å². The van der Waals surface area contributed by atoms with E-state index in [1.54, 1.807) is 0 Å². The summed E-state index contributed by atoms with van der Waals surface area (Å²) >= 11 is 6.14. The molecule has 1 aliphatic heterocycles. The van der Waals surface area contributed by atoms with E-state index in [4.69, 9.17) is 21.6 Å². The monoisotopic (exact) mass is 447 g/mol. The number of hydrogen-bond donors (Lipinski definition) is 0. The van der Waals surface area contributed by atoms with Gasteiger partial charge in [-0.25, -0.2) is 9.97 Å². The summed E-state index contributed by atoms with van der Waals surface area (Å²) in [5.41, 5.74) is 3.20. The lowest BCUT2D eigenvalue weighted by molar-refractivity contribution is 0.165. The molecule has 5 nitrogen and oxygen atoms in total. The van der Waals surface area contributed by atoms with Gasteiger partial charge in [-0.1, -0.05) is 60.1 Å². The molecule has 33 heavy (non-hydrogen) atoms. The van der Waals surface area contributed by atoms with Crippen molar-refractivity contribution < 1.29 is 0 Å². The van der Waals surface area contributed by atoms with Crippen molar-refractivity contribution in [1.82, 2.24) is 14.9 Å². The number of likely N-dealkylation sites (tertiary alicyclic amines) is 1. The van der Waals surface area contributed by atoms with E-state index in [0.717, 1.165) is 33.4 Å². The van der Waals surface area contributed by atoms with Crippen molar-refractivity contribution in [2.75, 3.05) is 13.6 Å². The number of rotatable bonds is 1. The van der Waals surface area contributed by atoms with Crippen LogP contribution >= 0.6 is 11.6 Å². The van der Waals surface area contributed by atoms with Crippen LogP contribution in [0.1, 0.15) is 22.7 Å². The van der Waals surface area contributed by atoms with E-state index in [2.05, 4.69) is 17.0 Å². The van der Waals surface area contributed by atoms with Crippen molar-refractivity contribution in [3.8, 4) is 23.4 Å². The first-order chi connectivity index (χ1) is 16.1. The Morgan fingerprint density at radius 3 is 2.24 bits per heavy atom. The van der Waals surface area contributed by atoms with Gasteiger partial charge in [0.15, 0.2) is 5.41 Å². The van der Waals surface area contributed by atoms with Gasteiger partial charge in [-0.3, -0.25) is 4.90 Å². The maximum Gasteiger partial charge on any atom is 0.179 e. The van der Waals surface area contributed by atoms with Crippen LogP contribution in [-0.4, -0.2) is 28.5 Å². The Bertz CT molecular complexity index is 1500. The first-order valence-corrected chi connectivity index (χ1v) is 11.1. The van der Waals surface area contributed by atoms with Gasteiger partial charge in [0, 0.05) is 23.0 Å². The highest BCUT2D eigenvalue weighted by Gasteiger charge is 2.70. The van der Waals surface area contributed by atoms with Crippen LogP contribution in [0.5, 0.6) is 0 Å². The highest BCUT2D eigenvalue weighted by atomic mass is 35.5. The molecule has 4 aromatic rings. The Balaban J connectivity index is 1.73. The van der Waals surface area contributed by atoms with Crippen molar-refractivity contribution in [3.05, 3.63) is 94.6 Å². The van der Waals surface area contributed by atoms with Gasteiger partial charge >= 0.3 is 0 Å². The van der Waals surface area contributed by atoms with Gasteiger partial charge in [-0.2, -0.15) is 10.5 Å². The van der Waals surface area contributed by atoms with E-state index in [9.17, 15) is 10.5 Å². The first kappa shape index (κ1) is 19.9. The second kappa shape index (κ2) is 6.86. The van der Waals surface area contributed by atoms with Crippen LogP contribution in [0.2, 0.25) is 5.02 Å². The van der Waals surface area contributed by atoms with Gasteiger partial charge in [-0.15, -0.1) is 0 Å². The molecule has 2 heterocycles. The average Bonchev–Trinajstić information content (AvgIpc) is 3.29. The number of benzene rings is 3. The molecule has 2 atom stereocenters. The Kier molecular flexibility index (Phi) is 4.13. The normalized spacial score (nSPS) is 22.6. The second-order valence-electron chi connectivity index (χ2n) is 8.68. The molecule has 0 amide bonds. The molecule has 3 aromatic carbocycles. The highest BCUT2D eigenvalue weighted by Crippen LogP contribution is 2.65. The average molecular weight is 448 g/mol. The van der Waals surface area contributed by atoms with Gasteiger partial charge in [0.05, 0.1) is 34.6 Å². The van der Waals surface area contributed by atoms with E-state index in [1.807, 2.05) is 79.8 Å². The van der Waals surface area contributed by atoms with Crippen molar-refractivity contribution in [3.63, 3.8) is 0 Å². The van der Waals surface area contributed by atoms with Crippen LogP contribution in [0.25, 0.3) is 22.3 Å². The molecule has 0 N–H and O–H groups in total. The van der Waals surface area contributed by atoms with Crippen molar-refractivity contribution in [1.29, 1.82) is 10.5 Å². The molecule has 0 radical (unpaired) electrons. The zero-order valence-electron chi connectivity index (χ0n) is 17.8. The largest absolute Gasteiger partial charge is 0.289 e. The van der Waals surface area contributed by atoms with Crippen LogP contribution in [0.4, 0.5) is 0 Å². The first-order valence-electron chi connectivity index (χ1n) is 10.7. The second-order valence-corrected chi connectivity index (χ2v) is 9.12. The van der Waals surface area contributed by atoms with Gasteiger partial charge < -0.3 is 0 Å². The van der Waals surface area contributed by atoms with Crippen LogP contribution in [0.15, 0.2) is 72.8 Å². The summed E-state index contributed by atoms with van der Waals surface area (Å²) in [4.78, 5) is 12.1. The molecular weight excluding hydrogens is 430 g/mol. The fraction of sp³-hybridized carbons (Fsp3) is 0.185. The van der Waals surface area contributed by atoms with Crippen LogP contribution in [0, 0.1) is 28.1 Å². The number of halogens is 1. The van der Waals surface area contributed by atoms with E-state index in [0.29, 0.717) is 17.3 Å². The third kappa shape index (κ3) is 2.33. The number of nitrogens with zero attached hydrogens (tertiary/aromatic N) is 5. The van der Waals surface area contributed by atoms with E-state index in [1.165, 1.54) is 0 Å². The van der Waals surface area contributed by atoms with Crippen LogP contribution in [0.3, 0.4) is 0 Å². The predicted molar refractivity (Wildman–Crippen MR) is 126 cm³/mol. The van der Waals surface area contributed by atoms with Gasteiger partial charge in [0.25, 0.3) is 0 Å². The Labute approximate surface area is 196 Å². The molecule has 6 rings (SSSR count). The summed E-state index contributed by atoms with van der Waals surface area (Å²) < 4.78 is 0. The molecular formula is C27H18ClN5. The minimum atomic E-state index is -1.42. The lowest BCUT2D eigenvalue weighted by Crippen LogP contribution is -2.49. The number of para-hydroxylation sites is 2. The van der Waals surface area contributed by atoms with Gasteiger partial charge in [0.2, 0.25) is 0 Å². The van der Waals surface area contributed by atoms with Gasteiger partial charge in [0.1, 0.15) is 5.54 Å². The Morgan fingerprint density at radius 2 is 1.55 bits per heavy atom. The summed E-state index contributed by atoms with van der Waals surface area (Å²) in [6.45, 7) is 0.519. The molecule has 0 bridgehead atoms. The van der Waals surface area contributed by atoms with Crippen molar-refractivity contribution >= 4 is 22.6 Å². The lowest BCUT2D eigenvalue weighted by Gasteiger charge is -2.40. The number of aromatic nitrogens is 2. The molecule has 0 unspecified atom stereocenters. The number of nitriles is 2. The summed E-state index contributed by atoms with van der Waals surface area (Å²) in [7, 11) is 1.97. The zero-order valence-corrected chi connectivity index (χ0v) is 18.6. The highest BCUT2D eigenvalue weighted by molar-refractivity contribution is 6.30. The maximum atomic E-state index is 10.7. The predicted octanol–water partition coefficient (Wildman–Crippen LogP) is 5.27. The van der Waals surface area contributed by atoms with Crippen molar-refractivity contribution in [2.45, 2.75) is 11.5 Å². The Hall–Kier alpha value is -3.77. The third-order valence-corrected chi connectivity index (χ3v) is 7.48. The third-order valence-electron chi connectivity index (χ3n) is 7.23. The number of fused-ring (bicyclic) bond motifs is 6. The molecule has 6 heteroatoms. The lowest BCUT2D eigenvalue weighted by atomic mass is 9.62. The minimum absolute atomic E-state index is 0.359. The molecule has 1 saturated heterocycles. The SMILES string of the molecule is CN1C[C@H](c2ccc(Cl)cc2)C(C#N)(C#N)[C@@]12c1ccccc1-c1nc3ccccc3nc12. The molecule has 158 valence electrons. The summed E-state index contributed by atoms with van der Waals surface area (Å²) in [6.07, 6.45) is 0. The van der Waals surface area contributed by atoms with Gasteiger partial charge in [-0.05, 0) is 42.4 Å². The molecule has 1 aliphatic carbocycles. The number of hydrogen-bond acceptors (Lipinski definition) is 5. The smallest absolute Gasteiger partial charge is 0.179 e. The van der Waals surface area contributed by atoms with Crippen LogP contribution < -0.4 is 0 Å². The molecule has 1 aromatic heterocycles. The van der Waals surface area contributed by atoms with E-state index in [-0.39, 0.29) is 5.92 Å².